The number of hydrogen-bond acceptors (Lipinski definition) is 4. The summed E-state index contributed by atoms with van der Waals surface area (Å²) in [5.74, 6) is 0.649. The van der Waals surface area contributed by atoms with Crippen LogP contribution in [0.2, 0.25) is 0 Å². The normalized spacial score (nSPS) is 18.6. The van der Waals surface area contributed by atoms with Crippen LogP contribution in [0.1, 0.15) is 47.7 Å². The van der Waals surface area contributed by atoms with Gasteiger partial charge in [0.1, 0.15) is 17.6 Å². The van der Waals surface area contributed by atoms with Crippen molar-refractivity contribution in [3.8, 4) is 11.3 Å². The first kappa shape index (κ1) is 20.1. The number of carbonyl (C=O) groups is 1. The molecule has 0 radical (unpaired) electrons. The second kappa shape index (κ2) is 8.28. The maximum atomic E-state index is 11.6. The van der Waals surface area contributed by atoms with Gasteiger partial charge in [-0.25, -0.2) is 4.79 Å². The molecular formula is C23H23N3O3S. The molecular weight excluding hydrogens is 398 g/mol. The van der Waals surface area contributed by atoms with Crippen LogP contribution in [-0.4, -0.2) is 32.6 Å². The van der Waals surface area contributed by atoms with E-state index in [1.54, 1.807) is 30.5 Å². The van der Waals surface area contributed by atoms with E-state index in [-0.39, 0.29) is 17.6 Å². The first-order chi connectivity index (χ1) is 14.5. The van der Waals surface area contributed by atoms with Gasteiger partial charge in [-0.15, -0.1) is 0 Å². The van der Waals surface area contributed by atoms with Crippen LogP contribution in [0.25, 0.3) is 11.3 Å². The van der Waals surface area contributed by atoms with E-state index in [0.29, 0.717) is 28.1 Å². The van der Waals surface area contributed by atoms with Gasteiger partial charge in [-0.05, 0) is 48.5 Å². The average molecular weight is 422 g/mol. The Morgan fingerprint density at radius 2 is 1.97 bits per heavy atom. The fourth-order valence-electron chi connectivity index (χ4n) is 3.85. The summed E-state index contributed by atoms with van der Waals surface area (Å²) in [5.41, 5.74) is 1.63. The number of thiocarbonyl (C=S) groups is 1. The van der Waals surface area contributed by atoms with Crippen LogP contribution >= 0.6 is 12.2 Å². The molecule has 3 heterocycles. The van der Waals surface area contributed by atoms with E-state index in [9.17, 15) is 9.90 Å². The minimum absolute atomic E-state index is 0.161. The van der Waals surface area contributed by atoms with Crippen LogP contribution in [0.5, 0.6) is 0 Å². The maximum absolute atomic E-state index is 11.6. The third kappa shape index (κ3) is 3.80. The van der Waals surface area contributed by atoms with Crippen LogP contribution in [0.15, 0.2) is 65.2 Å². The highest BCUT2D eigenvalue weighted by molar-refractivity contribution is 7.80. The summed E-state index contributed by atoms with van der Waals surface area (Å²) in [7, 11) is 0. The summed E-state index contributed by atoms with van der Waals surface area (Å²) in [6.45, 7) is 5.05. The van der Waals surface area contributed by atoms with Crippen molar-refractivity contribution >= 4 is 23.3 Å². The zero-order valence-electron chi connectivity index (χ0n) is 16.8. The summed E-state index contributed by atoms with van der Waals surface area (Å²) in [6.07, 6.45) is 1.76. The first-order valence-electron chi connectivity index (χ1n) is 9.86. The molecule has 2 N–H and O–H groups in total. The lowest BCUT2D eigenvalue weighted by molar-refractivity contribution is 0.0697. The molecule has 30 heavy (non-hydrogen) atoms. The van der Waals surface area contributed by atoms with Crippen molar-refractivity contribution in [1.82, 2.24) is 15.2 Å². The van der Waals surface area contributed by atoms with Gasteiger partial charge in [0.15, 0.2) is 5.11 Å². The number of furan rings is 1. The molecule has 0 unspecified atom stereocenters. The Balaban J connectivity index is 1.76. The van der Waals surface area contributed by atoms with Gasteiger partial charge in [-0.1, -0.05) is 38.1 Å². The molecule has 2 atom stereocenters. The van der Waals surface area contributed by atoms with E-state index in [1.807, 2.05) is 30.3 Å². The Morgan fingerprint density at radius 1 is 1.20 bits per heavy atom. The lowest BCUT2D eigenvalue weighted by Crippen LogP contribution is -2.32. The van der Waals surface area contributed by atoms with Crippen molar-refractivity contribution in [3.05, 3.63) is 77.8 Å². The fourth-order valence-corrected chi connectivity index (χ4v) is 4.16. The number of pyridine rings is 1. The Bertz CT molecular complexity index is 1060. The topological polar surface area (TPSA) is 78.6 Å². The Kier molecular flexibility index (Phi) is 5.55. The second-order valence-electron chi connectivity index (χ2n) is 7.73. The molecule has 0 amide bonds. The van der Waals surface area contributed by atoms with Crippen LogP contribution in [-0.2, 0) is 0 Å². The first-order valence-corrected chi connectivity index (χ1v) is 10.3. The number of benzene rings is 1. The second-order valence-corrected chi connectivity index (χ2v) is 8.11. The number of aromatic carboxylic acids is 1. The number of nitrogens with zero attached hydrogens (tertiary/aromatic N) is 2. The fraction of sp³-hybridized carbons (Fsp3) is 0.261. The zero-order valence-corrected chi connectivity index (χ0v) is 17.6. The summed E-state index contributed by atoms with van der Waals surface area (Å²) < 4.78 is 6.22. The van der Waals surface area contributed by atoms with E-state index < -0.39 is 5.97 Å². The highest BCUT2D eigenvalue weighted by Gasteiger charge is 2.41. The Labute approximate surface area is 180 Å². The quantitative estimate of drug-likeness (QED) is 0.560. The van der Waals surface area contributed by atoms with Gasteiger partial charge in [-0.2, -0.15) is 0 Å². The largest absolute Gasteiger partial charge is 0.478 e. The van der Waals surface area contributed by atoms with Gasteiger partial charge >= 0.3 is 5.97 Å². The van der Waals surface area contributed by atoms with E-state index in [0.717, 1.165) is 12.2 Å². The van der Waals surface area contributed by atoms with Gasteiger partial charge in [0.2, 0.25) is 0 Å². The number of carboxylic acids is 1. The summed E-state index contributed by atoms with van der Waals surface area (Å²) in [6, 6.07) is 16.0. The van der Waals surface area contributed by atoms with Crippen LogP contribution in [0.4, 0.5) is 0 Å². The average Bonchev–Trinajstić information content (AvgIpc) is 3.33. The third-order valence-electron chi connectivity index (χ3n) is 5.10. The van der Waals surface area contributed by atoms with Crippen LogP contribution in [0, 0.1) is 5.92 Å². The number of carboxylic acid groups (broad SMARTS) is 1. The summed E-state index contributed by atoms with van der Waals surface area (Å²) >= 11 is 5.64. The molecule has 2 aromatic heterocycles. The third-order valence-corrected chi connectivity index (χ3v) is 5.45. The van der Waals surface area contributed by atoms with E-state index in [2.05, 4.69) is 29.0 Å². The van der Waals surface area contributed by atoms with Crippen molar-refractivity contribution in [2.45, 2.75) is 25.9 Å². The van der Waals surface area contributed by atoms with E-state index in [4.69, 9.17) is 16.6 Å². The highest BCUT2D eigenvalue weighted by atomic mass is 32.1. The maximum Gasteiger partial charge on any atom is 0.336 e. The monoisotopic (exact) mass is 421 g/mol. The number of aromatic nitrogens is 1. The van der Waals surface area contributed by atoms with Gasteiger partial charge in [0, 0.05) is 18.3 Å². The summed E-state index contributed by atoms with van der Waals surface area (Å²) in [5, 5.41) is 13.6. The molecule has 0 bridgehead atoms. The zero-order chi connectivity index (χ0) is 21.3. The molecule has 0 saturated carbocycles. The molecule has 1 aliphatic rings. The number of hydrogen-bond donors (Lipinski definition) is 2. The molecule has 154 valence electrons. The summed E-state index contributed by atoms with van der Waals surface area (Å²) in [4.78, 5) is 18.3. The highest BCUT2D eigenvalue weighted by Crippen LogP contribution is 2.41. The molecule has 6 nitrogen and oxygen atoms in total. The predicted octanol–water partition coefficient (Wildman–Crippen LogP) is 4.67. The van der Waals surface area contributed by atoms with Gasteiger partial charge in [0.05, 0.1) is 17.3 Å². The Hall–Kier alpha value is -3.19. The molecule has 1 aliphatic heterocycles. The molecule has 3 aromatic rings. The number of rotatable bonds is 6. The van der Waals surface area contributed by atoms with Gasteiger partial charge in [0.25, 0.3) is 0 Å². The van der Waals surface area contributed by atoms with E-state index >= 15 is 0 Å². The van der Waals surface area contributed by atoms with Crippen molar-refractivity contribution in [2.24, 2.45) is 5.92 Å². The molecule has 1 fully saturated rings. The predicted molar refractivity (Wildman–Crippen MR) is 118 cm³/mol. The molecule has 1 aromatic carbocycles. The number of nitrogens with one attached hydrogen (secondary N) is 1. The molecule has 0 aliphatic carbocycles. The lowest BCUT2D eigenvalue weighted by Gasteiger charge is -2.27. The van der Waals surface area contributed by atoms with Crippen molar-refractivity contribution in [3.63, 3.8) is 0 Å². The lowest BCUT2D eigenvalue weighted by atomic mass is 10.0. The van der Waals surface area contributed by atoms with Gasteiger partial charge < -0.3 is 19.7 Å². The molecule has 1 saturated heterocycles. The molecule has 0 spiro atoms. The van der Waals surface area contributed by atoms with Crippen molar-refractivity contribution in [2.75, 3.05) is 6.54 Å². The van der Waals surface area contributed by atoms with Crippen molar-refractivity contribution in [1.29, 1.82) is 0 Å². The SMILES string of the molecule is CC(C)CN1C(=S)N[C@@H](c2ccccn2)[C@@H]1c1ccc(-c2ccccc2C(=O)O)o1. The van der Waals surface area contributed by atoms with E-state index in [1.165, 1.54) is 0 Å². The molecule has 4 rings (SSSR count). The standard InChI is InChI=1S/C23H23N3O3S/c1-14(2)13-26-21(20(25-23(26)30)17-9-5-6-12-24-17)19-11-10-18(29-19)15-7-3-4-8-16(15)22(27)28/h3-12,14,20-21H,13H2,1-2H3,(H,25,30)(H,27,28)/t20-,21-/m0/s1. The molecule has 7 heteroatoms. The van der Waals surface area contributed by atoms with Crippen LogP contribution in [0.3, 0.4) is 0 Å². The Morgan fingerprint density at radius 3 is 2.67 bits per heavy atom. The smallest absolute Gasteiger partial charge is 0.336 e. The van der Waals surface area contributed by atoms with Crippen LogP contribution < -0.4 is 5.32 Å². The minimum atomic E-state index is -0.986. The van der Waals surface area contributed by atoms with Crippen molar-refractivity contribution < 1.29 is 14.3 Å². The van der Waals surface area contributed by atoms with Gasteiger partial charge in [-0.3, -0.25) is 4.98 Å². The minimum Gasteiger partial charge on any atom is -0.478 e.